The Labute approximate surface area is 98.2 Å². The summed E-state index contributed by atoms with van der Waals surface area (Å²) in [6.45, 7) is 1.67. The first-order valence-electron chi connectivity index (χ1n) is 6.36. The molecule has 0 bridgehead atoms. The zero-order valence-corrected chi connectivity index (χ0v) is 10.6. The highest BCUT2D eigenvalue weighted by atomic mass is 32.2. The number of rotatable bonds is 6. The van der Waals surface area contributed by atoms with E-state index in [1.807, 2.05) is 0 Å². The van der Waals surface area contributed by atoms with Gasteiger partial charge in [0.2, 0.25) is 10.0 Å². The Kier molecular flexibility index (Phi) is 4.21. The molecule has 0 amide bonds. The quantitative estimate of drug-likeness (QED) is 0.730. The Morgan fingerprint density at radius 2 is 2.00 bits per heavy atom. The van der Waals surface area contributed by atoms with Gasteiger partial charge in [0.1, 0.15) is 0 Å². The molecule has 2 rings (SSSR count). The average Bonchev–Trinajstić information content (AvgIpc) is 3.02. The predicted octanol–water partition coefficient (Wildman–Crippen LogP) is 0.848. The van der Waals surface area contributed by atoms with Crippen LogP contribution in [0.3, 0.4) is 0 Å². The van der Waals surface area contributed by atoms with Crippen molar-refractivity contribution >= 4 is 10.0 Å². The summed E-state index contributed by atoms with van der Waals surface area (Å²) >= 11 is 0. The third kappa shape index (κ3) is 4.39. The minimum absolute atomic E-state index is 0.338. The lowest BCUT2D eigenvalue weighted by molar-refractivity contribution is 0.382. The van der Waals surface area contributed by atoms with Gasteiger partial charge in [-0.1, -0.05) is 6.42 Å². The first kappa shape index (κ1) is 12.3. The van der Waals surface area contributed by atoms with Crippen molar-refractivity contribution in [2.75, 3.05) is 18.8 Å². The van der Waals surface area contributed by atoms with Crippen LogP contribution in [-0.2, 0) is 10.0 Å². The summed E-state index contributed by atoms with van der Waals surface area (Å²) in [5.74, 6) is 0.774. The van der Waals surface area contributed by atoms with Crippen LogP contribution in [0.25, 0.3) is 0 Å². The summed E-state index contributed by atoms with van der Waals surface area (Å²) in [5.41, 5.74) is 0. The molecule has 1 aliphatic carbocycles. The summed E-state index contributed by atoms with van der Waals surface area (Å²) in [6.07, 6.45) is 6.81. The SMILES string of the molecule is O=S(=O)(CC1CC1)NCCC1CCCCN1. The average molecular weight is 246 g/mol. The van der Waals surface area contributed by atoms with Crippen molar-refractivity contribution in [3.8, 4) is 0 Å². The van der Waals surface area contributed by atoms with Crippen LogP contribution in [0.1, 0.15) is 38.5 Å². The van der Waals surface area contributed by atoms with Crippen LogP contribution in [0.4, 0.5) is 0 Å². The molecule has 0 radical (unpaired) electrons. The molecule has 0 spiro atoms. The Hall–Kier alpha value is -0.130. The van der Waals surface area contributed by atoms with Gasteiger partial charge >= 0.3 is 0 Å². The summed E-state index contributed by atoms with van der Waals surface area (Å²) < 4.78 is 25.9. The molecule has 0 aromatic rings. The number of hydrogen-bond donors (Lipinski definition) is 2. The molecule has 0 aromatic heterocycles. The fraction of sp³-hybridized carbons (Fsp3) is 1.00. The topological polar surface area (TPSA) is 58.2 Å². The van der Waals surface area contributed by atoms with Crippen LogP contribution < -0.4 is 10.0 Å². The molecule has 1 saturated carbocycles. The van der Waals surface area contributed by atoms with E-state index in [0.29, 0.717) is 24.3 Å². The molecule has 4 nitrogen and oxygen atoms in total. The molecule has 2 fully saturated rings. The summed E-state index contributed by atoms with van der Waals surface area (Å²) in [5, 5.41) is 3.42. The predicted molar refractivity (Wildman–Crippen MR) is 64.8 cm³/mol. The molecular formula is C11H22N2O2S. The highest BCUT2D eigenvalue weighted by molar-refractivity contribution is 7.89. The Balaban J connectivity index is 1.62. The van der Waals surface area contributed by atoms with Crippen LogP contribution in [0, 0.1) is 5.92 Å². The second-order valence-electron chi connectivity index (χ2n) is 5.05. The maximum absolute atomic E-state index is 11.6. The molecule has 5 heteroatoms. The van der Waals surface area contributed by atoms with Crippen LogP contribution in [-0.4, -0.2) is 33.3 Å². The van der Waals surface area contributed by atoms with E-state index in [1.165, 1.54) is 19.3 Å². The summed E-state index contributed by atoms with van der Waals surface area (Å²) in [4.78, 5) is 0. The lowest BCUT2D eigenvalue weighted by Crippen LogP contribution is -2.38. The molecule has 1 heterocycles. The van der Waals surface area contributed by atoms with Gasteiger partial charge in [0.25, 0.3) is 0 Å². The number of sulfonamides is 1. The van der Waals surface area contributed by atoms with E-state index in [9.17, 15) is 8.42 Å². The smallest absolute Gasteiger partial charge is 0.211 e. The Morgan fingerprint density at radius 1 is 1.19 bits per heavy atom. The molecular weight excluding hydrogens is 224 g/mol. The lowest BCUT2D eigenvalue weighted by atomic mass is 10.0. The lowest BCUT2D eigenvalue weighted by Gasteiger charge is -2.23. The molecule has 1 atom stereocenters. The van der Waals surface area contributed by atoms with E-state index in [4.69, 9.17) is 0 Å². The molecule has 94 valence electrons. The number of piperidine rings is 1. The van der Waals surface area contributed by atoms with E-state index in [2.05, 4.69) is 10.0 Å². The molecule has 1 aliphatic heterocycles. The van der Waals surface area contributed by atoms with Crippen molar-refractivity contribution in [1.29, 1.82) is 0 Å². The van der Waals surface area contributed by atoms with Gasteiger partial charge in [-0.15, -0.1) is 0 Å². The first-order valence-corrected chi connectivity index (χ1v) is 8.02. The van der Waals surface area contributed by atoms with E-state index < -0.39 is 10.0 Å². The highest BCUT2D eigenvalue weighted by Gasteiger charge is 2.27. The maximum atomic E-state index is 11.6. The van der Waals surface area contributed by atoms with Gasteiger partial charge in [-0.3, -0.25) is 0 Å². The summed E-state index contributed by atoms with van der Waals surface area (Å²) in [7, 11) is -3.00. The zero-order chi connectivity index (χ0) is 11.4. The van der Waals surface area contributed by atoms with Crippen molar-refractivity contribution in [1.82, 2.24) is 10.0 Å². The van der Waals surface area contributed by atoms with Gasteiger partial charge in [-0.05, 0) is 44.6 Å². The number of hydrogen-bond acceptors (Lipinski definition) is 3. The van der Waals surface area contributed by atoms with Crippen LogP contribution in [0.2, 0.25) is 0 Å². The second-order valence-corrected chi connectivity index (χ2v) is 6.91. The summed E-state index contributed by atoms with van der Waals surface area (Å²) in [6, 6.07) is 0.511. The van der Waals surface area contributed by atoms with E-state index in [-0.39, 0.29) is 0 Å². The van der Waals surface area contributed by atoms with E-state index in [0.717, 1.165) is 25.8 Å². The first-order chi connectivity index (χ1) is 7.66. The van der Waals surface area contributed by atoms with Crippen molar-refractivity contribution in [3.63, 3.8) is 0 Å². The Morgan fingerprint density at radius 3 is 2.62 bits per heavy atom. The van der Waals surface area contributed by atoms with Crippen molar-refractivity contribution in [2.45, 2.75) is 44.6 Å². The monoisotopic (exact) mass is 246 g/mol. The standard InChI is InChI=1S/C11H22N2O2S/c14-16(15,9-10-4-5-10)13-8-6-11-3-1-2-7-12-11/h10-13H,1-9H2. The van der Waals surface area contributed by atoms with Gasteiger partial charge in [0.15, 0.2) is 0 Å². The largest absolute Gasteiger partial charge is 0.314 e. The molecule has 1 saturated heterocycles. The molecule has 2 N–H and O–H groups in total. The van der Waals surface area contributed by atoms with Crippen molar-refractivity contribution in [2.24, 2.45) is 5.92 Å². The van der Waals surface area contributed by atoms with Crippen molar-refractivity contribution < 1.29 is 8.42 Å². The van der Waals surface area contributed by atoms with Gasteiger partial charge in [-0.2, -0.15) is 0 Å². The fourth-order valence-electron chi connectivity index (χ4n) is 2.21. The molecule has 0 aromatic carbocycles. The zero-order valence-electron chi connectivity index (χ0n) is 9.74. The normalized spacial score (nSPS) is 26.9. The van der Waals surface area contributed by atoms with Crippen LogP contribution in [0.5, 0.6) is 0 Å². The minimum atomic E-state index is -3.00. The van der Waals surface area contributed by atoms with Gasteiger partial charge in [0, 0.05) is 12.6 Å². The molecule has 1 unspecified atom stereocenters. The number of nitrogens with one attached hydrogen (secondary N) is 2. The van der Waals surface area contributed by atoms with Gasteiger partial charge in [-0.25, -0.2) is 13.1 Å². The van der Waals surface area contributed by atoms with Gasteiger partial charge in [0.05, 0.1) is 5.75 Å². The van der Waals surface area contributed by atoms with Crippen LogP contribution >= 0.6 is 0 Å². The van der Waals surface area contributed by atoms with Gasteiger partial charge < -0.3 is 5.32 Å². The van der Waals surface area contributed by atoms with Crippen molar-refractivity contribution in [3.05, 3.63) is 0 Å². The maximum Gasteiger partial charge on any atom is 0.211 e. The second kappa shape index (κ2) is 5.47. The highest BCUT2D eigenvalue weighted by Crippen LogP contribution is 2.29. The Bertz CT molecular complexity index is 306. The molecule has 16 heavy (non-hydrogen) atoms. The minimum Gasteiger partial charge on any atom is -0.314 e. The van der Waals surface area contributed by atoms with Crippen LogP contribution in [0.15, 0.2) is 0 Å². The van der Waals surface area contributed by atoms with E-state index >= 15 is 0 Å². The fourth-order valence-corrected chi connectivity index (χ4v) is 3.71. The third-order valence-corrected chi connectivity index (χ3v) is 4.93. The molecule has 2 aliphatic rings. The third-order valence-electron chi connectivity index (χ3n) is 3.38. The van der Waals surface area contributed by atoms with E-state index in [1.54, 1.807) is 0 Å².